The molecule has 0 saturated carbocycles. The number of aromatic nitrogens is 2. The Kier molecular flexibility index (Phi) is 6.20. The van der Waals surface area contributed by atoms with Crippen LogP contribution in [-0.2, 0) is 4.79 Å². The van der Waals surface area contributed by atoms with Crippen LogP contribution in [0, 0.1) is 6.92 Å². The quantitative estimate of drug-likeness (QED) is 0.319. The highest BCUT2D eigenvalue weighted by Crippen LogP contribution is 2.28. The first-order valence-corrected chi connectivity index (χ1v) is 10.7. The lowest BCUT2D eigenvalue weighted by molar-refractivity contribution is -0.113. The molecule has 0 aliphatic carbocycles. The number of rotatable bonds is 6. The molecule has 30 heavy (non-hydrogen) atoms. The smallest absolute Gasteiger partial charge is 0.234 e. The summed E-state index contributed by atoms with van der Waals surface area (Å²) in [7, 11) is 0. The van der Waals surface area contributed by atoms with Crippen LogP contribution >= 0.6 is 11.8 Å². The first-order chi connectivity index (χ1) is 14.7. The molecule has 148 valence electrons. The maximum atomic E-state index is 12.6. The molecule has 4 nitrogen and oxygen atoms in total. The highest BCUT2D eigenvalue weighted by molar-refractivity contribution is 7.99. The predicted octanol–water partition coefficient (Wildman–Crippen LogP) is 5.85. The highest BCUT2D eigenvalue weighted by Gasteiger charge is 2.11. The highest BCUT2D eigenvalue weighted by atomic mass is 32.2. The summed E-state index contributed by atoms with van der Waals surface area (Å²) >= 11 is 1.34. The molecule has 0 aliphatic rings. The van der Waals surface area contributed by atoms with Crippen LogP contribution < -0.4 is 5.32 Å². The number of hydrogen-bond donors (Lipinski definition) is 1. The van der Waals surface area contributed by atoms with Crippen molar-refractivity contribution >= 4 is 23.4 Å². The van der Waals surface area contributed by atoms with Crippen LogP contribution in [0.4, 0.5) is 5.69 Å². The van der Waals surface area contributed by atoms with Crippen LogP contribution in [-0.4, -0.2) is 21.6 Å². The Labute approximate surface area is 180 Å². The first-order valence-electron chi connectivity index (χ1n) is 9.67. The Morgan fingerprint density at radius 1 is 0.833 bits per heavy atom. The van der Waals surface area contributed by atoms with Gasteiger partial charge >= 0.3 is 0 Å². The fraction of sp³-hybridized carbons (Fsp3) is 0.0800. The molecule has 5 heteroatoms. The summed E-state index contributed by atoms with van der Waals surface area (Å²) in [6.45, 7) is 1.94. The Morgan fingerprint density at radius 3 is 2.20 bits per heavy atom. The molecule has 1 heterocycles. The summed E-state index contributed by atoms with van der Waals surface area (Å²) in [4.78, 5) is 21.7. The third-order valence-corrected chi connectivity index (χ3v) is 5.37. The number of aryl methyl sites for hydroxylation is 1. The molecule has 0 saturated heterocycles. The van der Waals surface area contributed by atoms with E-state index in [1.54, 1.807) is 0 Å². The number of para-hydroxylation sites is 1. The van der Waals surface area contributed by atoms with Crippen molar-refractivity contribution < 1.29 is 4.79 Å². The Hall–Kier alpha value is -3.44. The normalized spacial score (nSPS) is 10.6. The summed E-state index contributed by atoms with van der Waals surface area (Å²) in [5.41, 5.74) is 5.63. The number of anilines is 1. The van der Waals surface area contributed by atoms with E-state index < -0.39 is 0 Å². The van der Waals surface area contributed by atoms with E-state index in [1.165, 1.54) is 11.8 Å². The number of nitrogens with zero attached hydrogens (tertiary/aromatic N) is 2. The number of carbonyl (C=O) groups is 1. The van der Waals surface area contributed by atoms with E-state index in [-0.39, 0.29) is 11.7 Å². The molecular weight excluding hydrogens is 390 g/mol. The molecule has 1 N–H and O–H groups in total. The molecule has 1 amide bonds. The molecule has 0 unspecified atom stereocenters. The topological polar surface area (TPSA) is 54.9 Å². The van der Waals surface area contributed by atoms with Crippen LogP contribution in [0.1, 0.15) is 5.69 Å². The van der Waals surface area contributed by atoms with Crippen LogP contribution in [0.25, 0.3) is 22.4 Å². The van der Waals surface area contributed by atoms with Gasteiger partial charge < -0.3 is 5.32 Å². The molecule has 0 fully saturated rings. The van der Waals surface area contributed by atoms with Gasteiger partial charge in [-0.2, -0.15) is 0 Å². The SMILES string of the molecule is Cc1cc(-c2ccccc2)nc(SCC(=O)Nc2ccccc2-c2ccccc2)n1. The Bertz CT molecular complexity index is 1150. The molecule has 0 radical (unpaired) electrons. The number of benzene rings is 3. The van der Waals surface area contributed by atoms with Gasteiger partial charge in [0.2, 0.25) is 5.91 Å². The van der Waals surface area contributed by atoms with Crippen LogP contribution in [0.2, 0.25) is 0 Å². The molecule has 1 aromatic heterocycles. The van der Waals surface area contributed by atoms with Crippen molar-refractivity contribution in [2.45, 2.75) is 12.1 Å². The van der Waals surface area contributed by atoms with Gasteiger partial charge in [-0.1, -0.05) is 90.6 Å². The summed E-state index contributed by atoms with van der Waals surface area (Å²) in [6.07, 6.45) is 0. The number of hydrogen-bond acceptors (Lipinski definition) is 4. The summed E-state index contributed by atoms with van der Waals surface area (Å²) in [5, 5.41) is 3.62. The van der Waals surface area contributed by atoms with E-state index in [0.717, 1.165) is 33.8 Å². The van der Waals surface area contributed by atoms with Gasteiger partial charge in [0, 0.05) is 22.5 Å². The van der Waals surface area contributed by atoms with Gasteiger partial charge in [-0.25, -0.2) is 9.97 Å². The van der Waals surface area contributed by atoms with E-state index in [1.807, 2.05) is 97.9 Å². The first kappa shape index (κ1) is 19.9. The molecule has 0 atom stereocenters. The lowest BCUT2D eigenvalue weighted by Gasteiger charge is -2.11. The van der Waals surface area contributed by atoms with Crippen LogP contribution in [0.15, 0.2) is 96.2 Å². The maximum absolute atomic E-state index is 12.6. The van der Waals surface area contributed by atoms with Crippen molar-refractivity contribution in [3.05, 3.63) is 96.7 Å². The van der Waals surface area contributed by atoms with Gasteiger partial charge in [0.1, 0.15) is 0 Å². The number of nitrogens with one attached hydrogen (secondary N) is 1. The molecule has 3 aromatic carbocycles. The lowest BCUT2D eigenvalue weighted by atomic mass is 10.0. The molecular formula is C25H21N3OS. The van der Waals surface area contributed by atoms with Gasteiger partial charge in [0.05, 0.1) is 11.4 Å². The standard InChI is InChI=1S/C25H21N3OS/c1-18-16-23(20-12-6-3-7-13-20)28-25(26-18)30-17-24(29)27-22-15-9-8-14-21(22)19-10-4-2-5-11-19/h2-16H,17H2,1H3,(H,27,29). The van der Waals surface area contributed by atoms with Gasteiger partial charge in [0.25, 0.3) is 0 Å². The van der Waals surface area contributed by atoms with Crippen molar-refractivity contribution in [2.24, 2.45) is 0 Å². The zero-order chi connectivity index (χ0) is 20.8. The molecule has 0 bridgehead atoms. The zero-order valence-corrected chi connectivity index (χ0v) is 17.4. The fourth-order valence-electron chi connectivity index (χ4n) is 3.14. The van der Waals surface area contributed by atoms with Crippen molar-refractivity contribution in [3.63, 3.8) is 0 Å². The van der Waals surface area contributed by atoms with E-state index in [0.29, 0.717) is 5.16 Å². The van der Waals surface area contributed by atoms with Crippen molar-refractivity contribution in [2.75, 3.05) is 11.1 Å². The second-order valence-electron chi connectivity index (χ2n) is 6.79. The maximum Gasteiger partial charge on any atom is 0.234 e. The van der Waals surface area contributed by atoms with Crippen molar-refractivity contribution in [1.82, 2.24) is 9.97 Å². The molecule has 0 aliphatic heterocycles. The van der Waals surface area contributed by atoms with Gasteiger partial charge in [-0.15, -0.1) is 0 Å². The minimum atomic E-state index is -0.0882. The largest absolute Gasteiger partial charge is 0.325 e. The van der Waals surface area contributed by atoms with E-state index in [2.05, 4.69) is 15.3 Å². The minimum absolute atomic E-state index is 0.0882. The number of thioether (sulfide) groups is 1. The fourth-order valence-corrected chi connectivity index (χ4v) is 3.84. The summed E-state index contributed by atoms with van der Waals surface area (Å²) < 4.78 is 0. The zero-order valence-electron chi connectivity index (χ0n) is 16.6. The second kappa shape index (κ2) is 9.37. The van der Waals surface area contributed by atoms with Crippen LogP contribution in [0.5, 0.6) is 0 Å². The lowest BCUT2D eigenvalue weighted by Crippen LogP contribution is -2.15. The monoisotopic (exact) mass is 411 g/mol. The average Bonchev–Trinajstić information content (AvgIpc) is 2.79. The third-order valence-electron chi connectivity index (χ3n) is 4.52. The Balaban J connectivity index is 1.46. The number of amides is 1. The van der Waals surface area contributed by atoms with Crippen molar-refractivity contribution in [3.8, 4) is 22.4 Å². The van der Waals surface area contributed by atoms with Gasteiger partial charge in [-0.3, -0.25) is 4.79 Å². The van der Waals surface area contributed by atoms with Gasteiger partial charge in [0.15, 0.2) is 5.16 Å². The second-order valence-corrected chi connectivity index (χ2v) is 7.73. The summed E-state index contributed by atoms with van der Waals surface area (Å²) in [5.74, 6) is 0.149. The van der Waals surface area contributed by atoms with E-state index in [4.69, 9.17) is 0 Å². The minimum Gasteiger partial charge on any atom is -0.325 e. The van der Waals surface area contributed by atoms with Crippen molar-refractivity contribution in [1.29, 1.82) is 0 Å². The summed E-state index contributed by atoms with van der Waals surface area (Å²) in [6, 6.07) is 29.8. The average molecular weight is 412 g/mol. The third kappa shape index (κ3) is 4.93. The predicted molar refractivity (Wildman–Crippen MR) is 123 cm³/mol. The van der Waals surface area contributed by atoms with E-state index >= 15 is 0 Å². The molecule has 0 spiro atoms. The molecule has 4 aromatic rings. The van der Waals surface area contributed by atoms with Crippen LogP contribution in [0.3, 0.4) is 0 Å². The van der Waals surface area contributed by atoms with E-state index in [9.17, 15) is 4.79 Å². The molecule has 4 rings (SSSR count). The Morgan fingerprint density at radius 2 is 1.47 bits per heavy atom. The number of carbonyl (C=O) groups excluding carboxylic acids is 1. The van der Waals surface area contributed by atoms with Gasteiger partial charge in [-0.05, 0) is 24.6 Å².